The minimum Gasteiger partial charge on any atom is -0.445 e. The lowest BCUT2D eigenvalue weighted by Crippen LogP contribution is -2.49. The maximum Gasteiger partial charge on any atom is 0.414 e. The maximum absolute atomic E-state index is 13.0. The molecule has 0 radical (unpaired) electrons. The van der Waals surface area contributed by atoms with Gasteiger partial charge in [0.2, 0.25) is 0 Å². The van der Waals surface area contributed by atoms with E-state index in [9.17, 15) is 19.3 Å². The third-order valence-corrected chi connectivity index (χ3v) is 5.00. The lowest BCUT2D eigenvalue weighted by Gasteiger charge is -2.35. The van der Waals surface area contributed by atoms with Gasteiger partial charge in [-0.3, -0.25) is 4.57 Å². The van der Waals surface area contributed by atoms with E-state index in [4.69, 9.17) is 9.47 Å². The summed E-state index contributed by atoms with van der Waals surface area (Å²) in [7, 11) is 0. The zero-order valence-electron chi connectivity index (χ0n) is 15.6. The number of amides is 1. The Morgan fingerprint density at radius 1 is 1.24 bits per heavy atom. The number of aromatic nitrogens is 2. The van der Waals surface area contributed by atoms with E-state index in [0.29, 0.717) is 39.1 Å². The number of nitro groups is 1. The number of anilines is 1. The molecule has 0 spiro atoms. The minimum absolute atomic E-state index is 0.0532. The van der Waals surface area contributed by atoms with Crippen molar-refractivity contribution in [1.82, 2.24) is 14.5 Å². The van der Waals surface area contributed by atoms with Gasteiger partial charge in [-0.2, -0.15) is 0 Å². The van der Waals surface area contributed by atoms with Crippen LogP contribution in [0.1, 0.15) is 6.42 Å². The first-order valence-electron chi connectivity index (χ1n) is 9.30. The summed E-state index contributed by atoms with van der Waals surface area (Å²) in [6.07, 6.45) is 1.07. The molecule has 2 aliphatic heterocycles. The second kappa shape index (κ2) is 7.94. The van der Waals surface area contributed by atoms with Crippen molar-refractivity contribution in [1.29, 1.82) is 0 Å². The van der Waals surface area contributed by atoms with Crippen LogP contribution in [-0.4, -0.2) is 64.4 Å². The number of halogens is 1. The SMILES string of the molecule is O=C(OCC1CCn2cc([N+](=O)[O-])nc2O1)N1CCN(c2ccc(F)cc2)CC1. The summed E-state index contributed by atoms with van der Waals surface area (Å²) in [5.74, 6) is -0.547. The van der Waals surface area contributed by atoms with Crippen LogP contribution in [0, 0.1) is 15.9 Å². The molecule has 11 heteroatoms. The first-order chi connectivity index (χ1) is 14.0. The highest BCUT2D eigenvalue weighted by atomic mass is 19.1. The summed E-state index contributed by atoms with van der Waals surface area (Å²) >= 11 is 0. The molecule has 1 atom stereocenters. The van der Waals surface area contributed by atoms with Crippen molar-refractivity contribution in [2.75, 3.05) is 37.7 Å². The van der Waals surface area contributed by atoms with E-state index in [-0.39, 0.29) is 24.3 Å². The van der Waals surface area contributed by atoms with Crippen LogP contribution in [0.25, 0.3) is 0 Å². The Hall–Kier alpha value is -3.37. The molecular weight excluding hydrogens is 385 g/mol. The molecule has 4 rings (SSSR count). The van der Waals surface area contributed by atoms with Gasteiger partial charge < -0.3 is 29.4 Å². The topological polar surface area (TPSA) is 103 Å². The highest BCUT2D eigenvalue weighted by Crippen LogP contribution is 2.24. The Morgan fingerprint density at radius 2 is 1.97 bits per heavy atom. The normalized spacial score (nSPS) is 18.7. The second-order valence-corrected chi connectivity index (χ2v) is 6.89. The Kier molecular flexibility index (Phi) is 5.19. The summed E-state index contributed by atoms with van der Waals surface area (Å²) in [6.45, 7) is 2.81. The largest absolute Gasteiger partial charge is 0.445 e. The van der Waals surface area contributed by atoms with Gasteiger partial charge in [0.15, 0.2) is 0 Å². The lowest BCUT2D eigenvalue weighted by atomic mass is 10.2. The van der Waals surface area contributed by atoms with Crippen LogP contribution in [0.5, 0.6) is 6.01 Å². The van der Waals surface area contributed by atoms with Gasteiger partial charge in [-0.05, 0) is 29.2 Å². The number of aryl methyl sites for hydroxylation is 1. The van der Waals surface area contributed by atoms with E-state index >= 15 is 0 Å². The third-order valence-electron chi connectivity index (χ3n) is 5.00. The van der Waals surface area contributed by atoms with Crippen LogP contribution >= 0.6 is 0 Å². The molecule has 1 amide bonds. The molecule has 1 aromatic heterocycles. The fraction of sp³-hybridized carbons (Fsp3) is 0.444. The van der Waals surface area contributed by atoms with Gasteiger partial charge in [0, 0.05) is 49.8 Å². The number of imidazole rings is 1. The molecule has 154 valence electrons. The monoisotopic (exact) mass is 405 g/mol. The molecular formula is C18H20FN5O5. The Bertz CT molecular complexity index is 895. The fourth-order valence-electron chi connectivity index (χ4n) is 3.39. The zero-order valence-corrected chi connectivity index (χ0v) is 15.6. The highest BCUT2D eigenvalue weighted by Gasteiger charge is 2.30. The van der Waals surface area contributed by atoms with Crippen molar-refractivity contribution in [3.8, 4) is 6.01 Å². The molecule has 1 aromatic carbocycles. The number of ether oxygens (including phenoxy) is 2. The quantitative estimate of drug-likeness (QED) is 0.566. The van der Waals surface area contributed by atoms with Gasteiger partial charge in [0.05, 0.1) is 0 Å². The van der Waals surface area contributed by atoms with Crippen molar-refractivity contribution in [2.24, 2.45) is 0 Å². The Labute approximate surface area is 165 Å². The van der Waals surface area contributed by atoms with E-state index in [1.54, 1.807) is 21.6 Å². The zero-order chi connectivity index (χ0) is 20.4. The Morgan fingerprint density at radius 3 is 2.66 bits per heavy atom. The molecule has 0 N–H and O–H groups in total. The fourth-order valence-corrected chi connectivity index (χ4v) is 3.39. The summed E-state index contributed by atoms with van der Waals surface area (Å²) in [6, 6.07) is 6.44. The molecule has 0 saturated carbocycles. The number of rotatable bonds is 4. The molecule has 1 unspecified atom stereocenters. The van der Waals surface area contributed by atoms with Crippen LogP contribution in [-0.2, 0) is 11.3 Å². The number of benzene rings is 1. The van der Waals surface area contributed by atoms with Crippen molar-refractivity contribution < 1.29 is 23.6 Å². The summed E-state index contributed by atoms with van der Waals surface area (Å²) in [4.78, 5) is 30.1. The van der Waals surface area contributed by atoms with E-state index in [2.05, 4.69) is 9.88 Å². The Balaban J connectivity index is 1.24. The molecule has 2 aliphatic rings. The number of carbonyl (C=O) groups is 1. The molecule has 1 saturated heterocycles. The molecule has 10 nitrogen and oxygen atoms in total. The van der Waals surface area contributed by atoms with Gasteiger partial charge in [-0.15, -0.1) is 0 Å². The molecule has 1 fully saturated rings. The smallest absolute Gasteiger partial charge is 0.414 e. The van der Waals surface area contributed by atoms with Gasteiger partial charge in [-0.25, -0.2) is 9.18 Å². The van der Waals surface area contributed by atoms with E-state index in [0.717, 1.165) is 5.69 Å². The molecule has 3 heterocycles. The summed E-state index contributed by atoms with van der Waals surface area (Å²) in [5.41, 5.74) is 0.916. The predicted octanol–water partition coefficient (Wildman–Crippen LogP) is 2.04. The first kappa shape index (κ1) is 19.0. The third kappa shape index (κ3) is 4.23. The minimum atomic E-state index is -0.574. The highest BCUT2D eigenvalue weighted by molar-refractivity contribution is 5.68. The number of carbonyl (C=O) groups excluding carboxylic acids is 1. The number of piperazine rings is 1. The number of nitrogens with zero attached hydrogens (tertiary/aromatic N) is 5. The number of hydrogen-bond acceptors (Lipinski definition) is 7. The van der Waals surface area contributed by atoms with E-state index in [1.807, 2.05) is 0 Å². The predicted molar refractivity (Wildman–Crippen MR) is 99.4 cm³/mol. The van der Waals surface area contributed by atoms with Gasteiger partial charge in [0.1, 0.15) is 24.7 Å². The van der Waals surface area contributed by atoms with E-state index < -0.39 is 17.1 Å². The number of fused-ring (bicyclic) bond motifs is 1. The average molecular weight is 405 g/mol. The van der Waals surface area contributed by atoms with Gasteiger partial charge in [0.25, 0.3) is 0 Å². The van der Waals surface area contributed by atoms with Crippen LogP contribution in [0.2, 0.25) is 0 Å². The van der Waals surface area contributed by atoms with Crippen molar-refractivity contribution in [3.63, 3.8) is 0 Å². The maximum atomic E-state index is 13.0. The molecule has 29 heavy (non-hydrogen) atoms. The first-order valence-corrected chi connectivity index (χ1v) is 9.30. The van der Waals surface area contributed by atoms with Gasteiger partial charge in [-0.1, -0.05) is 0 Å². The van der Waals surface area contributed by atoms with E-state index in [1.165, 1.54) is 18.3 Å². The molecule has 0 aliphatic carbocycles. The summed E-state index contributed by atoms with van der Waals surface area (Å²) < 4.78 is 25.6. The number of hydrogen-bond donors (Lipinski definition) is 0. The summed E-state index contributed by atoms with van der Waals surface area (Å²) in [5, 5.41) is 10.8. The van der Waals surface area contributed by atoms with Crippen molar-refractivity contribution in [3.05, 3.63) is 46.4 Å². The van der Waals surface area contributed by atoms with Crippen LogP contribution in [0.3, 0.4) is 0 Å². The van der Waals surface area contributed by atoms with Crippen LogP contribution in [0.4, 0.5) is 20.7 Å². The van der Waals surface area contributed by atoms with Crippen molar-refractivity contribution in [2.45, 2.75) is 19.1 Å². The van der Waals surface area contributed by atoms with Crippen molar-refractivity contribution >= 4 is 17.6 Å². The lowest BCUT2D eigenvalue weighted by molar-refractivity contribution is -0.389. The average Bonchev–Trinajstić information content (AvgIpc) is 3.16. The standard InChI is InChI=1S/C18H20FN5O5/c19-13-1-3-14(4-2-13)21-7-9-22(10-8-21)18(25)28-12-15-5-6-23-11-16(24(26)27)20-17(23)29-15/h1-4,11,15H,5-10,12H2. The molecule has 0 bridgehead atoms. The second-order valence-electron chi connectivity index (χ2n) is 6.89. The molecule has 2 aromatic rings. The van der Waals surface area contributed by atoms with Crippen LogP contribution in [0.15, 0.2) is 30.5 Å². The van der Waals surface area contributed by atoms with Gasteiger partial charge >= 0.3 is 17.9 Å². The van der Waals surface area contributed by atoms with Crippen LogP contribution < -0.4 is 9.64 Å².